The number of hydrazone groups is 1. The molecule has 0 aliphatic carbocycles. The number of carbonyl (C=O) groups is 2. The highest BCUT2D eigenvalue weighted by Gasteiger charge is 2.17. The largest absolute Gasteiger partial charge is 0.325 e. The number of hydrogen-bond acceptors (Lipinski definition) is 7. The van der Waals surface area contributed by atoms with Gasteiger partial charge in [-0.3, -0.25) is 24.7 Å². The van der Waals surface area contributed by atoms with Crippen molar-refractivity contribution in [3.05, 3.63) is 88.2 Å². The van der Waals surface area contributed by atoms with E-state index in [0.717, 1.165) is 0 Å². The maximum Gasteiger partial charge on any atom is 0.283 e. The molecule has 31 heavy (non-hydrogen) atoms. The summed E-state index contributed by atoms with van der Waals surface area (Å²) in [6, 6.07) is 14.7. The number of pyridine rings is 1. The summed E-state index contributed by atoms with van der Waals surface area (Å²) in [5.41, 5.74) is 3.65. The Kier molecular flexibility index (Phi) is 7.07. The molecular formula is C21H17N5O4S. The summed E-state index contributed by atoms with van der Waals surface area (Å²) in [7, 11) is 0. The summed E-state index contributed by atoms with van der Waals surface area (Å²) in [5, 5.41) is 18.2. The first-order valence-electron chi connectivity index (χ1n) is 9.00. The van der Waals surface area contributed by atoms with Crippen LogP contribution in [-0.2, 0) is 4.79 Å². The molecule has 1 heterocycles. The third-order valence-electron chi connectivity index (χ3n) is 3.92. The number of para-hydroxylation sites is 1. The number of nitro benzene ring substituents is 1. The first-order valence-corrected chi connectivity index (χ1v) is 9.82. The van der Waals surface area contributed by atoms with Crippen LogP contribution < -0.4 is 10.7 Å². The predicted molar refractivity (Wildman–Crippen MR) is 117 cm³/mol. The first kappa shape index (κ1) is 21.7. The van der Waals surface area contributed by atoms with Crippen LogP contribution in [0.1, 0.15) is 22.8 Å². The molecule has 9 nitrogen and oxygen atoms in total. The van der Waals surface area contributed by atoms with Crippen molar-refractivity contribution in [3.63, 3.8) is 0 Å². The van der Waals surface area contributed by atoms with Gasteiger partial charge < -0.3 is 5.32 Å². The molecule has 2 amide bonds. The van der Waals surface area contributed by atoms with Gasteiger partial charge >= 0.3 is 0 Å². The smallest absolute Gasteiger partial charge is 0.283 e. The summed E-state index contributed by atoms with van der Waals surface area (Å²) in [6.45, 7) is 1.39. The van der Waals surface area contributed by atoms with Gasteiger partial charge in [0.25, 0.3) is 11.6 Å². The van der Waals surface area contributed by atoms with Crippen LogP contribution >= 0.6 is 11.8 Å². The van der Waals surface area contributed by atoms with E-state index in [1.54, 1.807) is 48.5 Å². The highest BCUT2D eigenvalue weighted by Crippen LogP contribution is 2.38. The van der Waals surface area contributed by atoms with E-state index in [1.165, 1.54) is 43.4 Å². The molecule has 2 aromatic carbocycles. The Labute approximate surface area is 181 Å². The fourth-order valence-corrected chi connectivity index (χ4v) is 3.53. The number of nitro groups is 1. The predicted octanol–water partition coefficient (Wildman–Crippen LogP) is 3.86. The zero-order valence-electron chi connectivity index (χ0n) is 16.3. The van der Waals surface area contributed by atoms with Gasteiger partial charge in [0, 0.05) is 41.4 Å². The maximum absolute atomic E-state index is 12.0. The highest BCUT2D eigenvalue weighted by molar-refractivity contribution is 7.99. The lowest BCUT2D eigenvalue weighted by molar-refractivity contribution is -0.387. The van der Waals surface area contributed by atoms with Crippen molar-refractivity contribution < 1.29 is 14.5 Å². The van der Waals surface area contributed by atoms with E-state index in [4.69, 9.17) is 0 Å². The molecule has 3 aromatic rings. The number of rotatable bonds is 7. The van der Waals surface area contributed by atoms with Gasteiger partial charge in [0.05, 0.1) is 21.7 Å². The van der Waals surface area contributed by atoms with Crippen molar-refractivity contribution >= 4 is 41.2 Å². The zero-order chi connectivity index (χ0) is 22.2. The van der Waals surface area contributed by atoms with E-state index >= 15 is 0 Å². The molecule has 0 aliphatic rings. The molecule has 0 radical (unpaired) electrons. The van der Waals surface area contributed by atoms with Crippen molar-refractivity contribution in [2.75, 3.05) is 5.32 Å². The Morgan fingerprint density at radius 2 is 1.84 bits per heavy atom. The van der Waals surface area contributed by atoms with E-state index in [0.29, 0.717) is 26.6 Å². The molecule has 0 spiro atoms. The molecule has 0 saturated carbocycles. The van der Waals surface area contributed by atoms with Gasteiger partial charge in [-0.15, -0.1) is 0 Å². The summed E-state index contributed by atoms with van der Waals surface area (Å²) in [4.78, 5) is 39.4. The lowest BCUT2D eigenvalue weighted by atomic mass is 10.2. The number of hydrogen-bond donors (Lipinski definition) is 2. The molecule has 3 rings (SSSR count). The Morgan fingerprint density at radius 1 is 1.10 bits per heavy atom. The number of benzene rings is 2. The molecule has 10 heteroatoms. The second-order valence-corrected chi connectivity index (χ2v) is 7.28. The van der Waals surface area contributed by atoms with Gasteiger partial charge in [0.1, 0.15) is 0 Å². The average molecular weight is 435 g/mol. The minimum Gasteiger partial charge on any atom is -0.325 e. The van der Waals surface area contributed by atoms with Crippen LogP contribution in [0.15, 0.2) is 81.9 Å². The van der Waals surface area contributed by atoms with E-state index in [-0.39, 0.29) is 11.6 Å². The minimum atomic E-state index is -0.490. The number of aromatic nitrogens is 1. The van der Waals surface area contributed by atoms with Gasteiger partial charge in [-0.1, -0.05) is 30.0 Å². The minimum absolute atomic E-state index is 0.118. The number of amides is 2. The third kappa shape index (κ3) is 5.97. The van der Waals surface area contributed by atoms with Crippen LogP contribution in [0.4, 0.5) is 11.4 Å². The van der Waals surface area contributed by atoms with Gasteiger partial charge in [-0.05, 0) is 30.3 Å². The molecule has 0 fully saturated rings. The Bertz CT molecular complexity index is 1150. The van der Waals surface area contributed by atoms with Crippen LogP contribution in [0.5, 0.6) is 0 Å². The third-order valence-corrected chi connectivity index (χ3v) is 5.06. The number of nitrogens with one attached hydrogen (secondary N) is 2. The lowest BCUT2D eigenvalue weighted by Crippen LogP contribution is -2.17. The summed E-state index contributed by atoms with van der Waals surface area (Å²) in [5.74, 6) is -0.655. The van der Waals surface area contributed by atoms with Gasteiger partial charge in [0.15, 0.2) is 0 Å². The standard InChI is InChI=1S/C21H17N5O4S/c1-14(27)24-17-4-2-3-5-19(17)31-20-7-6-15(12-18(20)26(29)30)13-23-25-21(28)16-8-10-22-11-9-16/h2-13H,1H3,(H,24,27)(H,25,28)/b23-13+. The zero-order valence-corrected chi connectivity index (χ0v) is 17.1. The second kappa shape index (κ2) is 10.1. The molecule has 0 unspecified atom stereocenters. The number of carbonyl (C=O) groups excluding carboxylic acids is 2. The van der Waals surface area contributed by atoms with Crippen LogP contribution in [0.3, 0.4) is 0 Å². The summed E-state index contributed by atoms with van der Waals surface area (Å²) < 4.78 is 0. The Morgan fingerprint density at radius 3 is 2.55 bits per heavy atom. The molecule has 156 valence electrons. The van der Waals surface area contributed by atoms with E-state index < -0.39 is 10.8 Å². The van der Waals surface area contributed by atoms with Crippen molar-refractivity contribution in [1.29, 1.82) is 0 Å². The highest BCUT2D eigenvalue weighted by atomic mass is 32.2. The number of anilines is 1. The Balaban J connectivity index is 1.78. The van der Waals surface area contributed by atoms with Gasteiger partial charge in [-0.25, -0.2) is 5.43 Å². The van der Waals surface area contributed by atoms with Crippen molar-refractivity contribution in [3.8, 4) is 0 Å². The normalized spacial score (nSPS) is 10.6. The van der Waals surface area contributed by atoms with Gasteiger partial charge in [0.2, 0.25) is 5.91 Å². The topological polar surface area (TPSA) is 127 Å². The molecular weight excluding hydrogens is 418 g/mol. The lowest BCUT2D eigenvalue weighted by Gasteiger charge is -2.10. The SMILES string of the molecule is CC(=O)Nc1ccccc1Sc1ccc(/C=N/NC(=O)c2ccncc2)cc1[N+](=O)[O-]. The first-order chi connectivity index (χ1) is 14.9. The van der Waals surface area contributed by atoms with E-state index in [1.807, 2.05) is 0 Å². The monoisotopic (exact) mass is 435 g/mol. The second-order valence-electron chi connectivity index (χ2n) is 6.20. The molecule has 0 bridgehead atoms. The molecule has 0 atom stereocenters. The van der Waals surface area contributed by atoms with Crippen molar-refractivity contribution in [2.45, 2.75) is 16.7 Å². The van der Waals surface area contributed by atoms with Crippen LogP contribution in [0.25, 0.3) is 0 Å². The average Bonchev–Trinajstić information content (AvgIpc) is 2.76. The molecule has 2 N–H and O–H groups in total. The molecule has 0 saturated heterocycles. The maximum atomic E-state index is 12.0. The van der Waals surface area contributed by atoms with E-state index in [2.05, 4.69) is 20.8 Å². The fourth-order valence-electron chi connectivity index (χ4n) is 2.54. The molecule has 1 aromatic heterocycles. The van der Waals surface area contributed by atoms with Crippen LogP contribution in [0.2, 0.25) is 0 Å². The van der Waals surface area contributed by atoms with Crippen molar-refractivity contribution in [1.82, 2.24) is 10.4 Å². The van der Waals surface area contributed by atoms with Crippen LogP contribution in [0, 0.1) is 10.1 Å². The summed E-state index contributed by atoms with van der Waals surface area (Å²) >= 11 is 1.17. The number of nitrogens with zero attached hydrogens (tertiary/aromatic N) is 3. The molecule has 0 aliphatic heterocycles. The van der Waals surface area contributed by atoms with Crippen molar-refractivity contribution in [2.24, 2.45) is 5.10 Å². The van der Waals surface area contributed by atoms with Crippen LogP contribution in [-0.4, -0.2) is 27.9 Å². The Hall–Kier alpha value is -4.05. The quantitative estimate of drug-likeness (QED) is 0.330. The van der Waals surface area contributed by atoms with Gasteiger partial charge in [-0.2, -0.15) is 5.10 Å². The fraction of sp³-hybridized carbons (Fsp3) is 0.0476. The summed E-state index contributed by atoms with van der Waals surface area (Å²) in [6.07, 6.45) is 4.30. The van der Waals surface area contributed by atoms with E-state index in [9.17, 15) is 19.7 Å².